The molecule has 0 spiro atoms. The Hall–Kier alpha value is -1.17. The highest BCUT2D eigenvalue weighted by molar-refractivity contribution is 5.93. The maximum Gasteiger partial charge on any atom is 0.187 e. The summed E-state index contributed by atoms with van der Waals surface area (Å²) in [4.78, 5) is 12.1. The molecule has 0 aromatic heterocycles. The Bertz CT molecular complexity index is 625. The number of ketones is 1. The molecule has 0 aromatic carbocycles. The molecule has 2 aliphatic rings. The molecule has 0 unspecified atom stereocenters. The summed E-state index contributed by atoms with van der Waals surface area (Å²) in [6.07, 6.45) is -3.89. The van der Waals surface area contributed by atoms with E-state index in [1.54, 1.807) is 13.8 Å². The van der Waals surface area contributed by atoms with Crippen LogP contribution in [0.25, 0.3) is 0 Å². The highest BCUT2D eigenvalue weighted by Crippen LogP contribution is 2.44. The van der Waals surface area contributed by atoms with E-state index in [1.165, 1.54) is 25.2 Å². The van der Waals surface area contributed by atoms with Crippen molar-refractivity contribution < 1.29 is 44.9 Å². The Morgan fingerprint density at radius 1 is 1.29 bits per heavy atom. The van der Waals surface area contributed by atoms with Gasteiger partial charge in [0.05, 0.1) is 19.3 Å². The van der Waals surface area contributed by atoms with E-state index in [-0.39, 0.29) is 24.4 Å². The summed E-state index contributed by atoms with van der Waals surface area (Å²) < 4.78 is 10.8. The number of rotatable bonds is 6. The van der Waals surface area contributed by atoms with Crippen LogP contribution >= 0.6 is 0 Å². The van der Waals surface area contributed by atoms with E-state index >= 15 is 0 Å². The lowest BCUT2D eigenvalue weighted by Crippen LogP contribution is -2.59. The van der Waals surface area contributed by atoms with Crippen LogP contribution in [-0.4, -0.2) is 92.0 Å². The number of allylic oxidation sites excluding steroid dienone is 1. The SMILES string of the molecule is C[C@H](O)C=C[C@@]1(O)C(CO[C@@H]2O[C@H](CO)[C@@H](O)[C@H](O)[C@H]2O)=CC(=O)CC1(C)C. The van der Waals surface area contributed by atoms with Crippen LogP contribution in [0.1, 0.15) is 27.2 Å². The summed E-state index contributed by atoms with van der Waals surface area (Å²) in [6, 6.07) is 0. The van der Waals surface area contributed by atoms with E-state index in [2.05, 4.69) is 0 Å². The third-order valence-corrected chi connectivity index (χ3v) is 5.34. The summed E-state index contributed by atoms with van der Waals surface area (Å²) in [6.45, 7) is 4.02. The lowest BCUT2D eigenvalue weighted by Gasteiger charge is -2.45. The molecule has 1 aliphatic carbocycles. The van der Waals surface area contributed by atoms with Crippen molar-refractivity contribution in [2.75, 3.05) is 13.2 Å². The van der Waals surface area contributed by atoms with Gasteiger partial charge in [-0.1, -0.05) is 19.9 Å². The molecule has 0 saturated carbocycles. The van der Waals surface area contributed by atoms with Crippen LogP contribution < -0.4 is 0 Å². The molecule has 0 amide bonds. The first-order valence-electron chi connectivity index (χ1n) is 9.18. The minimum absolute atomic E-state index is 0.0806. The molecule has 7 atom stereocenters. The summed E-state index contributed by atoms with van der Waals surface area (Å²) >= 11 is 0. The molecule has 9 nitrogen and oxygen atoms in total. The van der Waals surface area contributed by atoms with Crippen LogP contribution in [0.15, 0.2) is 23.8 Å². The second-order valence-electron chi connectivity index (χ2n) is 8.07. The number of aliphatic hydroxyl groups is 6. The van der Waals surface area contributed by atoms with Gasteiger partial charge in [0, 0.05) is 11.8 Å². The molecule has 0 radical (unpaired) electrons. The quantitative estimate of drug-likeness (QED) is 0.288. The molecule has 1 heterocycles. The Labute approximate surface area is 163 Å². The third kappa shape index (κ3) is 4.52. The number of hydrogen-bond donors (Lipinski definition) is 6. The Kier molecular flexibility index (Phi) is 7.17. The predicted molar refractivity (Wildman–Crippen MR) is 97.0 cm³/mol. The second-order valence-corrected chi connectivity index (χ2v) is 8.07. The first-order valence-corrected chi connectivity index (χ1v) is 9.18. The average molecular weight is 402 g/mol. The van der Waals surface area contributed by atoms with Crippen LogP contribution in [0.2, 0.25) is 0 Å². The number of hydrogen-bond acceptors (Lipinski definition) is 9. The standard InChI is InChI=1S/C19H30O9/c1-10(21)4-5-19(26)11(6-12(22)7-18(19,2)3)9-27-17-16(25)15(24)14(23)13(8-20)28-17/h4-6,10,13-17,20-21,23-26H,7-9H2,1-3H3/t10-,13+,14+,15-,16+,17+,19+/m0/s1. The molecule has 1 saturated heterocycles. The van der Waals surface area contributed by atoms with Crippen molar-refractivity contribution in [3.63, 3.8) is 0 Å². The monoisotopic (exact) mass is 402 g/mol. The zero-order chi connectivity index (χ0) is 21.3. The highest BCUT2D eigenvalue weighted by atomic mass is 16.7. The minimum atomic E-state index is -1.61. The highest BCUT2D eigenvalue weighted by Gasteiger charge is 2.49. The fourth-order valence-corrected chi connectivity index (χ4v) is 3.50. The van der Waals surface area contributed by atoms with Gasteiger partial charge in [-0.3, -0.25) is 4.79 Å². The van der Waals surface area contributed by atoms with E-state index in [0.717, 1.165) is 0 Å². The summed E-state index contributed by atoms with van der Waals surface area (Å²) in [7, 11) is 0. The van der Waals surface area contributed by atoms with E-state index in [1.807, 2.05) is 0 Å². The molecule has 1 aliphatic heterocycles. The van der Waals surface area contributed by atoms with Crippen LogP contribution in [0.4, 0.5) is 0 Å². The molecule has 0 aromatic rings. The number of carbonyl (C=O) groups excluding carboxylic acids is 1. The van der Waals surface area contributed by atoms with Crippen molar-refractivity contribution in [3.8, 4) is 0 Å². The Morgan fingerprint density at radius 3 is 2.50 bits per heavy atom. The Morgan fingerprint density at radius 2 is 1.93 bits per heavy atom. The van der Waals surface area contributed by atoms with Gasteiger partial charge >= 0.3 is 0 Å². The lowest BCUT2D eigenvalue weighted by molar-refractivity contribution is -0.299. The molecular weight excluding hydrogens is 372 g/mol. The smallest absolute Gasteiger partial charge is 0.187 e. The predicted octanol–water partition coefficient (Wildman–Crippen LogP) is -1.60. The Balaban J connectivity index is 2.23. The number of aliphatic hydroxyl groups excluding tert-OH is 5. The van der Waals surface area contributed by atoms with Crippen LogP contribution in [-0.2, 0) is 14.3 Å². The molecule has 0 bridgehead atoms. The van der Waals surface area contributed by atoms with Gasteiger partial charge < -0.3 is 40.1 Å². The van der Waals surface area contributed by atoms with Gasteiger partial charge in [0.2, 0.25) is 0 Å². The van der Waals surface area contributed by atoms with Gasteiger partial charge in [-0.15, -0.1) is 0 Å². The van der Waals surface area contributed by atoms with Crippen molar-refractivity contribution in [1.29, 1.82) is 0 Å². The maximum atomic E-state index is 12.1. The minimum Gasteiger partial charge on any atom is -0.394 e. The van der Waals surface area contributed by atoms with E-state index in [0.29, 0.717) is 0 Å². The lowest BCUT2D eigenvalue weighted by atomic mass is 9.64. The first-order chi connectivity index (χ1) is 12.9. The molecule has 28 heavy (non-hydrogen) atoms. The van der Waals surface area contributed by atoms with E-state index in [4.69, 9.17) is 9.47 Å². The molecule has 1 fully saturated rings. The molecule has 6 N–H and O–H groups in total. The van der Waals surface area contributed by atoms with Crippen LogP contribution in [0.5, 0.6) is 0 Å². The number of ether oxygens (including phenoxy) is 2. The van der Waals surface area contributed by atoms with Gasteiger partial charge in [-0.05, 0) is 24.6 Å². The van der Waals surface area contributed by atoms with Gasteiger partial charge in [0.15, 0.2) is 12.1 Å². The van der Waals surface area contributed by atoms with Crippen molar-refractivity contribution in [2.45, 2.75) is 69.6 Å². The fraction of sp³-hybridized carbons (Fsp3) is 0.737. The van der Waals surface area contributed by atoms with Crippen molar-refractivity contribution >= 4 is 5.78 Å². The van der Waals surface area contributed by atoms with Gasteiger partial charge in [-0.25, -0.2) is 0 Å². The van der Waals surface area contributed by atoms with Crippen molar-refractivity contribution in [1.82, 2.24) is 0 Å². The third-order valence-electron chi connectivity index (χ3n) is 5.34. The second kappa shape index (κ2) is 8.68. The summed E-state index contributed by atoms with van der Waals surface area (Å²) in [5, 5.41) is 59.8. The van der Waals surface area contributed by atoms with Gasteiger partial charge in [0.1, 0.15) is 30.0 Å². The van der Waals surface area contributed by atoms with E-state index in [9.17, 15) is 35.4 Å². The van der Waals surface area contributed by atoms with Crippen molar-refractivity contribution in [2.24, 2.45) is 5.41 Å². The van der Waals surface area contributed by atoms with Crippen LogP contribution in [0.3, 0.4) is 0 Å². The molecule has 160 valence electrons. The fourth-order valence-electron chi connectivity index (χ4n) is 3.50. The molecule has 2 rings (SSSR count). The summed E-state index contributed by atoms with van der Waals surface area (Å²) in [5.74, 6) is -0.215. The van der Waals surface area contributed by atoms with Crippen molar-refractivity contribution in [3.05, 3.63) is 23.8 Å². The summed E-state index contributed by atoms with van der Waals surface area (Å²) in [5.41, 5.74) is -2.30. The largest absolute Gasteiger partial charge is 0.394 e. The van der Waals surface area contributed by atoms with Gasteiger partial charge in [0.25, 0.3) is 0 Å². The zero-order valence-corrected chi connectivity index (χ0v) is 16.2. The maximum absolute atomic E-state index is 12.1. The topological polar surface area (TPSA) is 157 Å². The van der Waals surface area contributed by atoms with Gasteiger partial charge in [-0.2, -0.15) is 0 Å². The average Bonchev–Trinajstić information content (AvgIpc) is 2.61. The van der Waals surface area contributed by atoms with Crippen LogP contribution in [0, 0.1) is 5.41 Å². The zero-order valence-electron chi connectivity index (χ0n) is 16.2. The number of carbonyl (C=O) groups is 1. The normalized spacial score (nSPS) is 39.8. The molecular formula is C19H30O9. The van der Waals surface area contributed by atoms with E-state index < -0.39 is 54.4 Å². The molecule has 9 heteroatoms. The first kappa shape index (κ1) is 23.1.